The van der Waals surface area contributed by atoms with Crippen molar-refractivity contribution in [2.45, 2.75) is 25.8 Å². The van der Waals surface area contributed by atoms with Crippen LogP contribution in [-0.4, -0.2) is 66.4 Å². The van der Waals surface area contributed by atoms with Gasteiger partial charge in [0.15, 0.2) is 0 Å². The van der Waals surface area contributed by atoms with E-state index in [1.807, 2.05) is 6.92 Å². The van der Waals surface area contributed by atoms with Crippen LogP contribution in [0.2, 0.25) is 0 Å². The zero-order valence-corrected chi connectivity index (χ0v) is 11.1. The second kappa shape index (κ2) is 5.90. The van der Waals surface area contributed by atoms with E-state index in [-0.39, 0.29) is 23.9 Å². The summed E-state index contributed by atoms with van der Waals surface area (Å²) in [6.07, 6.45) is 1.00. The van der Waals surface area contributed by atoms with Gasteiger partial charge < -0.3 is 20.4 Å². The summed E-state index contributed by atoms with van der Waals surface area (Å²) in [5, 5.41) is 5.43. The molecule has 0 aromatic rings. The minimum absolute atomic E-state index is 0.0265. The molecule has 1 atom stereocenters. The van der Waals surface area contributed by atoms with Crippen LogP contribution < -0.4 is 10.6 Å². The van der Waals surface area contributed by atoms with E-state index in [1.165, 1.54) is 0 Å². The van der Waals surface area contributed by atoms with E-state index in [1.54, 1.807) is 9.80 Å². The highest BCUT2D eigenvalue weighted by Gasteiger charge is 2.32. The highest BCUT2D eigenvalue weighted by atomic mass is 16.2. The molecule has 0 aliphatic carbocycles. The minimum atomic E-state index is -0.372. The van der Waals surface area contributed by atoms with Gasteiger partial charge in [0.05, 0.1) is 0 Å². The van der Waals surface area contributed by atoms with Gasteiger partial charge in [-0.1, -0.05) is 0 Å². The first kappa shape index (κ1) is 13.6. The van der Waals surface area contributed by atoms with Gasteiger partial charge in [-0.3, -0.25) is 9.59 Å². The Bertz CT molecular complexity index is 377. The molecule has 0 saturated carbocycles. The molecule has 7 heteroatoms. The predicted molar refractivity (Wildman–Crippen MR) is 68.4 cm³/mol. The Labute approximate surface area is 112 Å². The highest BCUT2D eigenvalue weighted by molar-refractivity contribution is 5.91. The Hall–Kier alpha value is -1.79. The second-order valence-corrected chi connectivity index (χ2v) is 4.81. The van der Waals surface area contributed by atoms with Crippen molar-refractivity contribution in [3.63, 3.8) is 0 Å². The van der Waals surface area contributed by atoms with Crippen LogP contribution in [-0.2, 0) is 9.59 Å². The molecule has 1 unspecified atom stereocenters. The Kier molecular flexibility index (Phi) is 4.24. The van der Waals surface area contributed by atoms with Gasteiger partial charge in [0.2, 0.25) is 11.8 Å². The molecule has 0 aromatic carbocycles. The third kappa shape index (κ3) is 3.15. The van der Waals surface area contributed by atoms with Crippen LogP contribution in [0.4, 0.5) is 4.79 Å². The summed E-state index contributed by atoms with van der Waals surface area (Å²) in [7, 11) is 0. The van der Waals surface area contributed by atoms with Crippen LogP contribution in [0, 0.1) is 0 Å². The maximum absolute atomic E-state index is 12.1. The molecule has 2 saturated heterocycles. The van der Waals surface area contributed by atoms with Gasteiger partial charge >= 0.3 is 6.03 Å². The molecule has 2 fully saturated rings. The molecule has 0 radical (unpaired) electrons. The molecule has 2 aliphatic heterocycles. The lowest BCUT2D eigenvalue weighted by Crippen LogP contribution is -2.56. The number of hydrogen-bond acceptors (Lipinski definition) is 3. The fourth-order valence-electron chi connectivity index (χ4n) is 2.41. The number of carbonyl (C=O) groups excluding carboxylic acids is 3. The van der Waals surface area contributed by atoms with Gasteiger partial charge in [-0.25, -0.2) is 4.79 Å². The largest absolute Gasteiger partial charge is 0.344 e. The first-order valence-corrected chi connectivity index (χ1v) is 6.72. The first-order valence-electron chi connectivity index (χ1n) is 6.72. The van der Waals surface area contributed by atoms with E-state index >= 15 is 0 Å². The Morgan fingerprint density at radius 1 is 1.26 bits per heavy atom. The molecule has 19 heavy (non-hydrogen) atoms. The van der Waals surface area contributed by atoms with Crippen LogP contribution in [0.1, 0.15) is 19.8 Å². The number of amides is 4. The van der Waals surface area contributed by atoms with Crippen LogP contribution in [0.25, 0.3) is 0 Å². The number of piperazine rings is 1. The predicted octanol–water partition coefficient (Wildman–Crippen LogP) is -0.861. The Morgan fingerprint density at radius 2 is 1.89 bits per heavy atom. The van der Waals surface area contributed by atoms with Crippen molar-refractivity contribution in [3.8, 4) is 0 Å². The molecule has 0 bridgehead atoms. The van der Waals surface area contributed by atoms with E-state index in [4.69, 9.17) is 0 Å². The summed E-state index contributed by atoms with van der Waals surface area (Å²) >= 11 is 0. The van der Waals surface area contributed by atoms with Crippen molar-refractivity contribution >= 4 is 17.8 Å². The summed E-state index contributed by atoms with van der Waals surface area (Å²) in [6, 6.07) is -0.452. The highest BCUT2D eigenvalue weighted by Crippen LogP contribution is 2.12. The average Bonchev–Trinajstić information content (AvgIpc) is 2.85. The van der Waals surface area contributed by atoms with Crippen molar-refractivity contribution < 1.29 is 14.4 Å². The molecular weight excluding hydrogens is 248 g/mol. The number of rotatable bonds is 2. The molecule has 7 nitrogen and oxygen atoms in total. The number of nitrogens with one attached hydrogen (secondary N) is 2. The topological polar surface area (TPSA) is 81.8 Å². The lowest BCUT2D eigenvalue weighted by molar-refractivity contribution is -0.135. The fourth-order valence-corrected chi connectivity index (χ4v) is 2.41. The molecular formula is C12H20N4O3. The molecule has 106 valence electrons. The summed E-state index contributed by atoms with van der Waals surface area (Å²) in [5.74, 6) is -0.0827. The number of hydrogen-bond donors (Lipinski definition) is 2. The third-order valence-corrected chi connectivity index (χ3v) is 3.50. The van der Waals surface area contributed by atoms with Gasteiger partial charge in [-0.15, -0.1) is 0 Å². The van der Waals surface area contributed by atoms with Gasteiger partial charge in [0, 0.05) is 39.1 Å². The molecule has 4 amide bonds. The Morgan fingerprint density at radius 3 is 2.42 bits per heavy atom. The SMILES string of the molecule is CCNC(=O)N1CCN(C(=O)C2CCC(=O)N2)CC1. The van der Waals surface area contributed by atoms with Crippen molar-refractivity contribution in [1.82, 2.24) is 20.4 Å². The fraction of sp³-hybridized carbons (Fsp3) is 0.750. The van der Waals surface area contributed by atoms with E-state index in [0.717, 1.165) is 0 Å². The summed E-state index contributed by atoms with van der Waals surface area (Å²) < 4.78 is 0. The Balaban J connectivity index is 1.81. The van der Waals surface area contributed by atoms with Crippen LogP contribution in [0.15, 0.2) is 0 Å². The van der Waals surface area contributed by atoms with Gasteiger partial charge in [-0.2, -0.15) is 0 Å². The maximum atomic E-state index is 12.1. The van der Waals surface area contributed by atoms with Gasteiger partial charge in [0.1, 0.15) is 6.04 Å². The lowest BCUT2D eigenvalue weighted by atomic mass is 10.2. The smallest absolute Gasteiger partial charge is 0.317 e. The third-order valence-electron chi connectivity index (χ3n) is 3.50. The van der Waals surface area contributed by atoms with Crippen molar-refractivity contribution in [2.75, 3.05) is 32.7 Å². The molecule has 2 aliphatic rings. The van der Waals surface area contributed by atoms with Crippen LogP contribution in [0.3, 0.4) is 0 Å². The molecule has 0 spiro atoms. The van der Waals surface area contributed by atoms with Gasteiger partial charge in [0.25, 0.3) is 0 Å². The van der Waals surface area contributed by atoms with Crippen LogP contribution >= 0.6 is 0 Å². The van der Waals surface area contributed by atoms with E-state index in [9.17, 15) is 14.4 Å². The van der Waals surface area contributed by atoms with Crippen molar-refractivity contribution in [2.24, 2.45) is 0 Å². The molecule has 2 heterocycles. The van der Waals surface area contributed by atoms with E-state index in [0.29, 0.717) is 45.6 Å². The number of urea groups is 1. The van der Waals surface area contributed by atoms with Crippen molar-refractivity contribution in [3.05, 3.63) is 0 Å². The van der Waals surface area contributed by atoms with E-state index in [2.05, 4.69) is 10.6 Å². The number of nitrogens with zero attached hydrogens (tertiary/aromatic N) is 2. The van der Waals surface area contributed by atoms with Gasteiger partial charge in [-0.05, 0) is 13.3 Å². The maximum Gasteiger partial charge on any atom is 0.317 e. The quantitative estimate of drug-likeness (QED) is 0.683. The zero-order valence-electron chi connectivity index (χ0n) is 11.1. The molecule has 0 aromatic heterocycles. The standard InChI is InChI=1S/C12H20N4O3/c1-2-13-12(19)16-7-5-15(6-8-16)11(18)9-3-4-10(17)14-9/h9H,2-8H2,1H3,(H,13,19)(H,14,17). The monoisotopic (exact) mass is 268 g/mol. The first-order chi connectivity index (χ1) is 9.11. The van der Waals surface area contributed by atoms with Crippen LogP contribution in [0.5, 0.6) is 0 Å². The minimum Gasteiger partial charge on any atom is -0.344 e. The molecule has 2 rings (SSSR count). The van der Waals surface area contributed by atoms with Crippen molar-refractivity contribution in [1.29, 1.82) is 0 Å². The second-order valence-electron chi connectivity index (χ2n) is 4.81. The molecule has 2 N–H and O–H groups in total. The summed E-state index contributed by atoms with van der Waals surface area (Å²) in [4.78, 5) is 38.3. The lowest BCUT2D eigenvalue weighted by Gasteiger charge is -2.35. The van der Waals surface area contributed by atoms with E-state index < -0.39 is 0 Å². The average molecular weight is 268 g/mol. The summed E-state index contributed by atoms with van der Waals surface area (Å²) in [5.41, 5.74) is 0. The normalized spacial score (nSPS) is 23.2. The summed E-state index contributed by atoms with van der Waals surface area (Å²) in [6.45, 7) is 4.62. The zero-order chi connectivity index (χ0) is 13.8. The number of carbonyl (C=O) groups is 3.